The van der Waals surface area contributed by atoms with E-state index in [4.69, 9.17) is 0 Å². The predicted molar refractivity (Wildman–Crippen MR) is 85.1 cm³/mol. The third kappa shape index (κ3) is 3.20. The Balaban J connectivity index is 1.68. The summed E-state index contributed by atoms with van der Waals surface area (Å²) < 4.78 is 0. The summed E-state index contributed by atoms with van der Waals surface area (Å²) >= 11 is 0. The molecule has 116 valence electrons. The molecule has 0 aromatic rings. The van der Waals surface area contributed by atoms with Gasteiger partial charge in [0, 0.05) is 24.7 Å². The van der Waals surface area contributed by atoms with E-state index in [0.29, 0.717) is 5.54 Å². The second-order valence-corrected chi connectivity index (χ2v) is 7.69. The Bertz CT molecular complexity index is 311. The Kier molecular flexibility index (Phi) is 4.68. The molecular formula is C17H33N3. The number of hydrogen-bond acceptors (Lipinski definition) is 3. The molecule has 2 aliphatic heterocycles. The molecule has 2 saturated heterocycles. The third-order valence-corrected chi connectivity index (χ3v) is 5.97. The SMILES string of the molecule is CC1CN(C)CCC1N1CCCNC2(CCCCC2)C1. The van der Waals surface area contributed by atoms with Gasteiger partial charge in [-0.2, -0.15) is 0 Å². The van der Waals surface area contributed by atoms with E-state index in [1.165, 1.54) is 77.7 Å². The first-order valence-corrected chi connectivity index (χ1v) is 8.86. The van der Waals surface area contributed by atoms with Crippen molar-refractivity contribution in [3.8, 4) is 0 Å². The summed E-state index contributed by atoms with van der Waals surface area (Å²) in [6, 6.07) is 0.824. The first kappa shape index (κ1) is 14.8. The van der Waals surface area contributed by atoms with E-state index in [9.17, 15) is 0 Å². The molecule has 20 heavy (non-hydrogen) atoms. The average Bonchev–Trinajstić information content (AvgIpc) is 2.63. The van der Waals surface area contributed by atoms with Gasteiger partial charge in [-0.15, -0.1) is 0 Å². The fourth-order valence-electron chi connectivity index (χ4n) is 4.89. The maximum Gasteiger partial charge on any atom is 0.0308 e. The highest BCUT2D eigenvalue weighted by molar-refractivity contribution is 4.98. The molecule has 2 unspecified atom stereocenters. The van der Waals surface area contributed by atoms with Crippen molar-refractivity contribution in [1.82, 2.24) is 15.1 Å². The lowest BCUT2D eigenvalue weighted by Gasteiger charge is -2.46. The zero-order valence-electron chi connectivity index (χ0n) is 13.5. The molecular weight excluding hydrogens is 246 g/mol. The molecule has 1 aliphatic carbocycles. The predicted octanol–water partition coefficient (Wildman–Crippen LogP) is 2.32. The molecule has 2 atom stereocenters. The zero-order valence-corrected chi connectivity index (χ0v) is 13.5. The van der Waals surface area contributed by atoms with Crippen molar-refractivity contribution >= 4 is 0 Å². The summed E-state index contributed by atoms with van der Waals surface area (Å²) in [6.07, 6.45) is 9.84. The van der Waals surface area contributed by atoms with Crippen LogP contribution in [0.1, 0.15) is 51.9 Å². The number of likely N-dealkylation sites (tertiary alicyclic amines) is 1. The fraction of sp³-hybridized carbons (Fsp3) is 1.00. The van der Waals surface area contributed by atoms with Gasteiger partial charge in [0.05, 0.1) is 0 Å². The highest BCUT2D eigenvalue weighted by Gasteiger charge is 2.38. The van der Waals surface area contributed by atoms with E-state index in [2.05, 4.69) is 29.1 Å². The van der Waals surface area contributed by atoms with Crippen LogP contribution in [0.25, 0.3) is 0 Å². The molecule has 3 fully saturated rings. The van der Waals surface area contributed by atoms with Gasteiger partial charge in [-0.3, -0.25) is 4.90 Å². The van der Waals surface area contributed by atoms with E-state index in [-0.39, 0.29) is 0 Å². The van der Waals surface area contributed by atoms with Crippen LogP contribution in [0.15, 0.2) is 0 Å². The van der Waals surface area contributed by atoms with Crippen molar-refractivity contribution in [3.05, 3.63) is 0 Å². The smallest absolute Gasteiger partial charge is 0.0308 e. The van der Waals surface area contributed by atoms with Crippen LogP contribution in [0.5, 0.6) is 0 Å². The van der Waals surface area contributed by atoms with Crippen LogP contribution in [0.4, 0.5) is 0 Å². The minimum Gasteiger partial charge on any atom is -0.310 e. The zero-order chi connectivity index (χ0) is 14.0. The van der Waals surface area contributed by atoms with Crippen LogP contribution < -0.4 is 5.32 Å². The first-order chi connectivity index (χ1) is 9.69. The van der Waals surface area contributed by atoms with Crippen LogP contribution in [0.2, 0.25) is 0 Å². The summed E-state index contributed by atoms with van der Waals surface area (Å²) in [4.78, 5) is 5.37. The Hall–Kier alpha value is -0.120. The van der Waals surface area contributed by atoms with Crippen molar-refractivity contribution in [1.29, 1.82) is 0 Å². The monoisotopic (exact) mass is 279 g/mol. The number of rotatable bonds is 1. The lowest BCUT2D eigenvalue weighted by Crippen LogP contribution is -2.57. The summed E-state index contributed by atoms with van der Waals surface area (Å²) in [5.74, 6) is 0.826. The molecule has 3 aliphatic rings. The number of piperidine rings is 1. The molecule has 3 rings (SSSR count). The summed E-state index contributed by atoms with van der Waals surface area (Å²) in [7, 11) is 2.28. The van der Waals surface area contributed by atoms with Crippen molar-refractivity contribution in [3.63, 3.8) is 0 Å². The van der Waals surface area contributed by atoms with Gasteiger partial charge in [-0.25, -0.2) is 0 Å². The second kappa shape index (κ2) is 6.33. The Morgan fingerprint density at radius 2 is 1.85 bits per heavy atom. The molecule has 1 N–H and O–H groups in total. The molecule has 3 heteroatoms. The molecule has 3 nitrogen and oxygen atoms in total. The van der Waals surface area contributed by atoms with Gasteiger partial charge in [0.15, 0.2) is 0 Å². The molecule has 2 heterocycles. The standard InChI is InChI=1S/C17H33N3/c1-15-13-19(2)12-7-16(15)20-11-6-10-18-17(14-20)8-4-3-5-9-17/h15-16,18H,3-14H2,1-2H3. The summed E-state index contributed by atoms with van der Waals surface area (Å²) in [5.41, 5.74) is 0.456. The van der Waals surface area contributed by atoms with E-state index in [1.807, 2.05) is 0 Å². The molecule has 0 aromatic heterocycles. The largest absolute Gasteiger partial charge is 0.310 e. The van der Waals surface area contributed by atoms with Gasteiger partial charge in [-0.1, -0.05) is 26.2 Å². The Morgan fingerprint density at radius 1 is 1.05 bits per heavy atom. The maximum atomic E-state index is 3.94. The van der Waals surface area contributed by atoms with Gasteiger partial charge < -0.3 is 10.2 Å². The van der Waals surface area contributed by atoms with Crippen molar-refractivity contribution in [2.45, 2.75) is 63.5 Å². The first-order valence-electron chi connectivity index (χ1n) is 8.86. The van der Waals surface area contributed by atoms with Crippen molar-refractivity contribution in [2.24, 2.45) is 5.92 Å². The van der Waals surface area contributed by atoms with Gasteiger partial charge in [0.25, 0.3) is 0 Å². The molecule has 0 radical (unpaired) electrons. The van der Waals surface area contributed by atoms with Crippen molar-refractivity contribution < 1.29 is 0 Å². The van der Waals surface area contributed by atoms with Crippen LogP contribution >= 0.6 is 0 Å². The lowest BCUT2D eigenvalue weighted by atomic mass is 9.80. The second-order valence-electron chi connectivity index (χ2n) is 7.69. The van der Waals surface area contributed by atoms with E-state index < -0.39 is 0 Å². The van der Waals surface area contributed by atoms with Crippen LogP contribution in [0, 0.1) is 5.92 Å². The quantitative estimate of drug-likeness (QED) is 0.795. The Morgan fingerprint density at radius 3 is 2.60 bits per heavy atom. The lowest BCUT2D eigenvalue weighted by molar-refractivity contribution is 0.0533. The van der Waals surface area contributed by atoms with E-state index >= 15 is 0 Å². The summed E-state index contributed by atoms with van der Waals surface area (Å²) in [5, 5.41) is 3.94. The third-order valence-electron chi connectivity index (χ3n) is 5.97. The minimum atomic E-state index is 0.456. The van der Waals surface area contributed by atoms with E-state index in [1.54, 1.807) is 0 Å². The number of nitrogens with one attached hydrogen (secondary N) is 1. The maximum absolute atomic E-state index is 3.94. The number of hydrogen-bond donors (Lipinski definition) is 1. The highest BCUT2D eigenvalue weighted by atomic mass is 15.2. The molecule has 0 bridgehead atoms. The normalized spacial score (nSPS) is 36.9. The molecule has 1 spiro atoms. The van der Waals surface area contributed by atoms with Gasteiger partial charge in [-0.05, 0) is 58.3 Å². The molecule has 1 saturated carbocycles. The number of nitrogens with zero attached hydrogens (tertiary/aromatic N) is 2. The van der Waals surface area contributed by atoms with Gasteiger partial charge in [0.1, 0.15) is 0 Å². The van der Waals surface area contributed by atoms with E-state index in [0.717, 1.165) is 12.0 Å². The molecule has 0 amide bonds. The van der Waals surface area contributed by atoms with Gasteiger partial charge >= 0.3 is 0 Å². The highest BCUT2D eigenvalue weighted by Crippen LogP contribution is 2.32. The molecule has 0 aromatic carbocycles. The van der Waals surface area contributed by atoms with Crippen LogP contribution in [-0.4, -0.2) is 61.2 Å². The van der Waals surface area contributed by atoms with Crippen molar-refractivity contribution in [2.75, 3.05) is 39.8 Å². The average molecular weight is 279 g/mol. The fourth-order valence-corrected chi connectivity index (χ4v) is 4.89. The van der Waals surface area contributed by atoms with Crippen LogP contribution in [-0.2, 0) is 0 Å². The minimum absolute atomic E-state index is 0.456. The van der Waals surface area contributed by atoms with Crippen LogP contribution in [0.3, 0.4) is 0 Å². The Labute approximate surface area is 125 Å². The van der Waals surface area contributed by atoms with Gasteiger partial charge in [0.2, 0.25) is 0 Å². The summed E-state index contributed by atoms with van der Waals surface area (Å²) in [6.45, 7) is 8.89. The topological polar surface area (TPSA) is 18.5 Å².